The van der Waals surface area contributed by atoms with Crippen LogP contribution in [0.2, 0.25) is 0 Å². The van der Waals surface area contributed by atoms with Crippen LogP contribution in [0.25, 0.3) is 0 Å². The second kappa shape index (κ2) is 13.9. The van der Waals surface area contributed by atoms with Gasteiger partial charge >= 0.3 is 18.0 Å². The maximum absolute atomic E-state index is 13.1. The molecule has 0 aliphatic rings. The number of carbonyl (C=O) groups is 3. The van der Waals surface area contributed by atoms with Crippen molar-refractivity contribution >= 4 is 29.2 Å². The quantitative estimate of drug-likeness (QED) is 0.227. The van der Waals surface area contributed by atoms with Crippen molar-refractivity contribution in [2.24, 2.45) is 0 Å². The molecule has 41 heavy (non-hydrogen) atoms. The SMILES string of the molecule is CC.COC(=O)C(=O)N(Cc1ccc(C(C)(C)C)cc1)c1ccc(C(=O)N(C)c2ccc(OC(C)(F)F)cc2)cc1. The molecule has 0 saturated heterocycles. The Morgan fingerprint density at radius 3 is 1.76 bits per heavy atom. The molecule has 220 valence electrons. The van der Waals surface area contributed by atoms with E-state index in [2.05, 4.69) is 30.2 Å². The lowest BCUT2D eigenvalue weighted by Crippen LogP contribution is -2.37. The fourth-order valence-electron chi connectivity index (χ4n) is 3.81. The summed E-state index contributed by atoms with van der Waals surface area (Å²) in [6, 6.07) is 19.7. The number of anilines is 2. The van der Waals surface area contributed by atoms with Gasteiger partial charge in [0.05, 0.1) is 13.7 Å². The summed E-state index contributed by atoms with van der Waals surface area (Å²) in [5, 5.41) is 0. The maximum atomic E-state index is 13.1. The van der Waals surface area contributed by atoms with Gasteiger partial charge in [-0.1, -0.05) is 58.9 Å². The third kappa shape index (κ3) is 9.13. The van der Waals surface area contributed by atoms with Gasteiger partial charge < -0.3 is 14.4 Å². The second-order valence-electron chi connectivity index (χ2n) is 10.1. The number of carbonyl (C=O) groups excluding carboxylic acids is 3. The molecule has 3 rings (SSSR count). The monoisotopic (exact) mass is 568 g/mol. The van der Waals surface area contributed by atoms with Crippen molar-refractivity contribution in [2.75, 3.05) is 24.0 Å². The fourth-order valence-corrected chi connectivity index (χ4v) is 3.81. The minimum atomic E-state index is -3.32. The van der Waals surface area contributed by atoms with E-state index in [-0.39, 0.29) is 23.6 Å². The number of benzene rings is 3. The molecule has 0 atom stereocenters. The summed E-state index contributed by atoms with van der Waals surface area (Å²) in [6.45, 7) is 11.1. The van der Waals surface area contributed by atoms with Gasteiger partial charge in [-0.3, -0.25) is 14.5 Å². The van der Waals surface area contributed by atoms with Crippen LogP contribution in [0.1, 0.15) is 63.0 Å². The smallest absolute Gasteiger partial charge is 0.397 e. The Labute approximate surface area is 240 Å². The first-order valence-electron chi connectivity index (χ1n) is 13.2. The minimum Gasteiger partial charge on any atom is -0.462 e. The highest BCUT2D eigenvalue weighted by Gasteiger charge is 2.26. The molecule has 0 aliphatic heterocycles. The van der Waals surface area contributed by atoms with Gasteiger partial charge in [-0.2, -0.15) is 8.78 Å². The summed E-state index contributed by atoms with van der Waals surface area (Å²) in [5.74, 6) is -2.23. The molecular formula is C32H38F2N2O5. The number of amides is 2. The summed E-state index contributed by atoms with van der Waals surface area (Å²) in [6.07, 6.45) is -3.32. The summed E-state index contributed by atoms with van der Waals surface area (Å²) in [5.41, 5.74) is 3.11. The van der Waals surface area contributed by atoms with Gasteiger partial charge in [0.2, 0.25) is 0 Å². The highest BCUT2D eigenvalue weighted by molar-refractivity contribution is 6.38. The van der Waals surface area contributed by atoms with E-state index in [1.807, 2.05) is 38.1 Å². The Kier molecular flexibility index (Phi) is 11.1. The fraction of sp³-hybridized carbons (Fsp3) is 0.344. The summed E-state index contributed by atoms with van der Waals surface area (Å²) < 4.78 is 35.3. The molecule has 3 aromatic rings. The molecule has 7 nitrogen and oxygen atoms in total. The predicted octanol–water partition coefficient (Wildman–Crippen LogP) is 6.98. The normalized spacial score (nSPS) is 11.1. The van der Waals surface area contributed by atoms with Crippen molar-refractivity contribution in [3.63, 3.8) is 0 Å². The average Bonchev–Trinajstić information content (AvgIpc) is 2.95. The number of hydrogen-bond acceptors (Lipinski definition) is 5. The molecule has 2 amide bonds. The third-order valence-electron chi connectivity index (χ3n) is 6.02. The van der Waals surface area contributed by atoms with E-state index in [4.69, 9.17) is 0 Å². The predicted molar refractivity (Wildman–Crippen MR) is 157 cm³/mol. The van der Waals surface area contributed by atoms with Crippen LogP contribution < -0.4 is 14.5 Å². The van der Waals surface area contributed by atoms with E-state index < -0.39 is 18.0 Å². The van der Waals surface area contributed by atoms with Crippen LogP contribution in [0.4, 0.5) is 20.2 Å². The zero-order valence-electron chi connectivity index (χ0n) is 24.8. The van der Waals surface area contributed by atoms with E-state index in [9.17, 15) is 23.2 Å². The molecule has 9 heteroatoms. The van der Waals surface area contributed by atoms with Gasteiger partial charge in [-0.05, 0) is 65.1 Å². The van der Waals surface area contributed by atoms with Crippen LogP contribution in [0.15, 0.2) is 72.8 Å². The first-order valence-corrected chi connectivity index (χ1v) is 13.2. The minimum absolute atomic E-state index is 0.0279. The molecule has 0 aliphatic carbocycles. The highest BCUT2D eigenvalue weighted by atomic mass is 19.3. The lowest BCUT2D eigenvalue weighted by Gasteiger charge is -2.24. The second-order valence-corrected chi connectivity index (χ2v) is 10.1. The van der Waals surface area contributed by atoms with E-state index in [0.717, 1.165) is 18.2 Å². The molecule has 0 bridgehead atoms. The molecule has 0 spiro atoms. The van der Waals surface area contributed by atoms with Gasteiger partial charge in [0.25, 0.3) is 5.91 Å². The lowest BCUT2D eigenvalue weighted by molar-refractivity contribution is -0.159. The lowest BCUT2D eigenvalue weighted by atomic mass is 9.87. The number of hydrogen-bond donors (Lipinski definition) is 0. The molecule has 0 radical (unpaired) electrons. The number of esters is 1. The molecule has 0 unspecified atom stereocenters. The van der Waals surface area contributed by atoms with E-state index in [1.54, 1.807) is 31.3 Å². The molecule has 0 fully saturated rings. The van der Waals surface area contributed by atoms with Crippen molar-refractivity contribution in [1.82, 2.24) is 0 Å². The Morgan fingerprint density at radius 2 is 1.29 bits per heavy atom. The van der Waals surface area contributed by atoms with Gasteiger partial charge in [0.1, 0.15) is 5.75 Å². The van der Waals surface area contributed by atoms with Gasteiger partial charge in [0.15, 0.2) is 0 Å². The number of alkyl halides is 2. The summed E-state index contributed by atoms with van der Waals surface area (Å²) in [7, 11) is 2.69. The maximum Gasteiger partial charge on any atom is 0.397 e. The summed E-state index contributed by atoms with van der Waals surface area (Å²) >= 11 is 0. The van der Waals surface area contributed by atoms with Crippen molar-refractivity contribution in [1.29, 1.82) is 0 Å². The third-order valence-corrected chi connectivity index (χ3v) is 6.02. The van der Waals surface area contributed by atoms with E-state index in [0.29, 0.717) is 23.9 Å². The van der Waals surface area contributed by atoms with Crippen LogP contribution in [0, 0.1) is 0 Å². The average molecular weight is 569 g/mol. The van der Waals surface area contributed by atoms with E-state index >= 15 is 0 Å². The standard InChI is InChI=1S/C30H32F2N2O5.C2H6/c1-29(2,3)22-11-7-20(8-12-22)19-34(27(36)28(37)38-6)24-13-9-21(10-14-24)26(35)33(5)23-15-17-25(18-16-23)39-30(4,31)32;1-2/h7-18H,19H2,1-6H3;1-2H3. The zero-order valence-corrected chi connectivity index (χ0v) is 24.8. The molecule has 0 aromatic heterocycles. The zero-order chi connectivity index (χ0) is 31.0. The van der Waals surface area contributed by atoms with Crippen LogP contribution in [-0.2, 0) is 26.3 Å². The number of nitrogens with zero attached hydrogens (tertiary/aromatic N) is 2. The molecule has 3 aromatic carbocycles. The van der Waals surface area contributed by atoms with Crippen LogP contribution in [-0.4, -0.2) is 38.0 Å². The van der Waals surface area contributed by atoms with Gasteiger partial charge in [-0.25, -0.2) is 4.79 Å². The number of rotatable bonds is 7. The first-order chi connectivity index (χ1) is 19.2. The van der Waals surface area contributed by atoms with Crippen molar-refractivity contribution in [3.05, 3.63) is 89.5 Å². The van der Waals surface area contributed by atoms with Crippen molar-refractivity contribution in [3.8, 4) is 5.75 Å². The van der Waals surface area contributed by atoms with Gasteiger partial charge in [-0.15, -0.1) is 0 Å². The number of methoxy groups -OCH3 is 1. The Morgan fingerprint density at radius 1 is 0.780 bits per heavy atom. The Bertz CT molecular complexity index is 1310. The number of ether oxygens (including phenoxy) is 2. The van der Waals surface area contributed by atoms with Crippen LogP contribution in [0.3, 0.4) is 0 Å². The molecular weight excluding hydrogens is 530 g/mol. The summed E-state index contributed by atoms with van der Waals surface area (Å²) in [4.78, 5) is 40.7. The molecule has 0 saturated carbocycles. The molecule has 0 N–H and O–H groups in total. The largest absolute Gasteiger partial charge is 0.462 e. The number of halogens is 2. The van der Waals surface area contributed by atoms with Gasteiger partial charge in [0, 0.05) is 30.9 Å². The Balaban J connectivity index is 0.00000287. The van der Waals surface area contributed by atoms with Crippen LogP contribution in [0.5, 0.6) is 5.75 Å². The molecule has 0 heterocycles. The van der Waals surface area contributed by atoms with Crippen molar-refractivity contribution < 1.29 is 32.6 Å². The van der Waals surface area contributed by atoms with Crippen LogP contribution >= 0.6 is 0 Å². The highest BCUT2D eigenvalue weighted by Crippen LogP contribution is 2.26. The first kappa shape index (κ1) is 32.9. The topological polar surface area (TPSA) is 76.2 Å². The van der Waals surface area contributed by atoms with Crippen molar-refractivity contribution in [2.45, 2.75) is 59.6 Å². The van der Waals surface area contributed by atoms with E-state index in [1.165, 1.54) is 34.1 Å². The Hall–Kier alpha value is -4.27.